The van der Waals surface area contributed by atoms with Crippen molar-refractivity contribution < 1.29 is 37.7 Å². The number of hydrogen-bond acceptors (Lipinski definition) is 5. The van der Waals surface area contributed by atoms with Crippen LogP contribution in [0.4, 0.5) is 13.2 Å². The molecule has 1 heterocycles. The summed E-state index contributed by atoms with van der Waals surface area (Å²) < 4.78 is 53.4. The van der Waals surface area contributed by atoms with Gasteiger partial charge in [0.05, 0.1) is 12.2 Å². The average Bonchev–Trinajstić information content (AvgIpc) is 2.90. The van der Waals surface area contributed by atoms with E-state index in [1.54, 1.807) is 12.1 Å². The summed E-state index contributed by atoms with van der Waals surface area (Å²) in [6.45, 7) is 3.07. The summed E-state index contributed by atoms with van der Waals surface area (Å²) in [5.74, 6) is -0.0332. The van der Waals surface area contributed by atoms with Crippen LogP contribution in [-0.4, -0.2) is 41.5 Å². The van der Waals surface area contributed by atoms with Crippen molar-refractivity contribution in [3.63, 3.8) is 0 Å². The zero-order valence-corrected chi connectivity index (χ0v) is 22.0. The van der Waals surface area contributed by atoms with Gasteiger partial charge in [0, 0.05) is 17.1 Å². The maximum Gasteiger partial charge on any atom is 0.417 e. The van der Waals surface area contributed by atoms with Crippen molar-refractivity contribution in [1.29, 1.82) is 0 Å². The molecule has 0 fully saturated rings. The highest BCUT2D eigenvalue weighted by molar-refractivity contribution is 6.32. The number of carboxylic acid groups (broad SMARTS) is 1. The second-order valence-electron chi connectivity index (χ2n) is 9.40. The fourth-order valence-corrected chi connectivity index (χ4v) is 4.51. The Morgan fingerprint density at radius 1 is 1.08 bits per heavy atom. The smallest absolute Gasteiger partial charge is 0.417 e. The van der Waals surface area contributed by atoms with Gasteiger partial charge < -0.3 is 19.7 Å². The van der Waals surface area contributed by atoms with Gasteiger partial charge in [-0.3, -0.25) is 10.1 Å². The van der Waals surface area contributed by atoms with Crippen molar-refractivity contribution in [3.8, 4) is 22.6 Å². The molecule has 3 aromatic rings. The first-order chi connectivity index (χ1) is 18.4. The lowest BCUT2D eigenvalue weighted by Crippen LogP contribution is -2.52. The van der Waals surface area contributed by atoms with Crippen LogP contribution in [0.2, 0.25) is 5.02 Å². The van der Waals surface area contributed by atoms with Gasteiger partial charge in [0.2, 0.25) is 0 Å². The van der Waals surface area contributed by atoms with Crippen LogP contribution < -0.4 is 14.8 Å². The van der Waals surface area contributed by atoms with Crippen LogP contribution in [0.25, 0.3) is 23.3 Å². The molecule has 0 radical (unpaired) electrons. The van der Waals surface area contributed by atoms with Crippen LogP contribution >= 0.6 is 11.6 Å². The van der Waals surface area contributed by atoms with E-state index in [-0.39, 0.29) is 22.7 Å². The van der Waals surface area contributed by atoms with Gasteiger partial charge in [-0.05, 0) is 65.9 Å². The molecule has 1 unspecified atom stereocenters. The normalized spacial score (nSPS) is 14.8. The van der Waals surface area contributed by atoms with Gasteiger partial charge in [-0.15, -0.1) is 0 Å². The molecule has 6 nitrogen and oxygen atoms in total. The van der Waals surface area contributed by atoms with E-state index in [1.807, 2.05) is 37.3 Å². The highest BCUT2D eigenvalue weighted by atomic mass is 35.5. The van der Waals surface area contributed by atoms with Crippen molar-refractivity contribution in [3.05, 3.63) is 81.4 Å². The monoisotopic (exact) mass is 561 g/mol. The second-order valence-corrected chi connectivity index (χ2v) is 9.80. The molecule has 1 aliphatic heterocycles. The minimum atomic E-state index is -4.71. The molecule has 0 saturated carbocycles. The van der Waals surface area contributed by atoms with Gasteiger partial charge in [0.25, 0.3) is 0 Å². The number of benzene rings is 3. The van der Waals surface area contributed by atoms with E-state index >= 15 is 0 Å². The quantitative estimate of drug-likeness (QED) is 0.284. The van der Waals surface area contributed by atoms with Gasteiger partial charge in [-0.25, -0.2) is 0 Å². The number of aliphatic hydroxyl groups is 1. The zero-order valence-electron chi connectivity index (χ0n) is 21.2. The Hall–Kier alpha value is -3.53. The lowest BCUT2D eigenvalue weighted by Gasteiger charge is -2.24. The summed E-state index contributed by atoms with van der Waals surface area (Å²) in [5.41, 5.74) is 0.582. The summed E-state index contributed by atoms with van der Waals surface area (Å²) in [5, 5.41) is 21.1. The number of alkyl halides is 3. The first kappa shape index (κ1) is 28.5. The number of rotatable bonds is 8. The lowest BCUT2D eigenvalue weighted by atomic mass is 9.95. The van der Waals surface area contributed by atoms with Gasteiger partial charge >= 0.3 is 12.1 Å². The van der Waals surface area contributed by atoms with Crippen LogP contribution in [-0.2, 0) is 17.5 Å². The largest absolute Gasteiger partial charge is 0.486 e. The van der Waals surface area contributed by atoms with Crippen molar-refractivity contribution in [1.82, 2.24) is 5.32 Å². The summed E-state index contributed by atoms with van der Waals surface area (Å²) >= 11 is 6.32. The first-order valence-corrected chi connectivity index (χ1v) is 12.5. The highest BCUT2D eigenvalue weighted by Gasteiger charge is 2.35. The molecule has 0 aliphatic carbocycles. The SMILES string of the molecule is Cc1c(/C=C/c2c(Cl)cc(CNC(C)(CO)C(=O)O)cc2C(F)(F)F)cccc1-c1ccc2c(c1)OCCO2. The highest BCUT2D eigenvalue weighted by Crippen LogP contribution is 2.39. The standard InChI is InChI=1S/C29H27ClF3NO5/c1-17-19(4-3-5-21(17)20-7-9-25-26(14-20)39-11-10-38-25)6-8-22-23(29(31,32)33)12-18(13-24(22)30)15-34-28(2,16-35)27(36)37/h3-9,12-14,34-35H,10-11,15-16H2,1-2H3,(H,36,37)/b8-6+. The van der Waals surface area contributed by atoms with Crippen molar-refractivity contribution >= 4 is 29.7 Å². The van der Waals surface area contributed by atoms with Crippen LogP contribution in [0.1, 0.15) is 34.7 Å². The predicted molar refractivity (Wildman–Crippen MR) is 143 cm³/mol. The van der Waals surface area contributed by atoms with E-state index in [0.29, 0.717) is 30.3 Å². The zero-order chi connectivity index (χ0) is 28.4. The molecular formula is C29H27ClF3NO5. The number of halogens is 4. The number of fused-ring (bicyclic) bond motifs is 1. The average molecular weight is 562 g/mol. The fourth-order valence-electron chi connectivity index (χ4n) is 4.21. The van der Waals surface area contributed by atoms with E-state index < -0.39 is 29.9 Å². The minimum Gasteiger partial charge on any atom is -0.486 e. The second kappa shape index (κ2) is 11.3. The third-order valence-electron chi connectivity index (χ3n) is 6.62. The molecule has 0 saturated heterocycles. The third-order valence-corrected chi connectivity index (χ3v) is 6.94. The van der Waals surface area contributed by atoms with Gasteiger partial charge in [0.15, 0.2) is 11.5 Å². The molecular weight excluding hydrogens is 535 g/mol. The number of aliphatic hydroxyl groups excluding tert-OH is 1. The number of carboxylic acids is 1. The van der Waals surface area contributed by atoms with Crippen LogP contribution in [0.3, 0.4) is 0 Å². The molecule has 206 valence electrons. The molecule has 0 spiro atoms. The Labute approximate surface area is 228 Å². The van der Waals surface area contributed by atoms with Gasteiger partial charge in [-0.1, -0.05) is 48.0 Å². The molecule has 10 heteroatoms. The van der Waals surface area contributed by atoms with Crippen molar-refractivity contribution in [2.45, 2.75) is 32.1 Å². The Bertz CT molecular complexity index is 1420. The minimum absolute atomic E-state index is 0.127. The van der Waals surface area contributed by atoms with E-state index in [0.717, 1.165) is 22.8 Å². The Morgan fingerprint density at radius 2 is 1.79 bits per heavy atom. The Kier molecular flexibility index (Phi) is 8.25. The molecule has 4 rings (SSSR count). The summed E-state index contributed by atoms with van der Waals surface area (Å²) in [7, 11) is 0. The number of ether oxygens (including phenoxy) is 2. The van der Waals surface area contributed by atoms with Crippen LogP contribution in [0.15, 0.2) is 48.5 Å². The molecule has 3 aromatic carbocycles. The molecule has 0 aromatic heterocycles. The van der Waals surface area contributed by atoms with Crippen molar-refractivity contribution in [2.75, 3.05) is 19.8 Å². The van der Waals surface area contributed by atoms with Crippen LogP contribution in [0.5, 0.6) is 11.5 Å². The summed E-state index contributed by atoms with van der Waals surface area (Å²) in [6, 6.07) is 13.4. The maximum atomic E-state index is 14.0. The van der Waals surface area contributed by atoms with Gasteiger partial charge in [-0.2, -0.15) is 13.2 Å². The Morgan fingerprint density at radius 3 is 2.46 bits per heavy atom. The molecule has 0 bridgehead atoms. The van der Waals surface area contributed by atoms with E-state index in [9.17, 15) is 28.2 Å². The fraction of sp³-hybridized carbons (Fsp3) is 0.276. The molecule has 39 heavy (non-hydrogen) atoms. The predicted octanol–water partition coefficient (Wildman–Crippen LogP) is 6.20. The molecule has 0 amide bonds. The molecule has 1 aliphatic rings. The summed E-state index contributed by atoms with van der Waals surface area (Å²) in [4.78, 5) is 11.4. The third kappa shape index (κ3) is 6.21. The number of hydrogen-bond donors (Lipinski definition) is 3. The molecule has 1 atom stereocenters. The van der Waals surface area contributed by atoms with Gasteiger partial charge in [0.1, 0.15) is 18.8 Å². The topological polar surface area (TPSA) is 88.0 Å². The number of nitrogens with one attached hydrogen (secondary N) is 1. The van der Waals surface area contributed by atoms with Crippen LogP contribution in [0, 0.1) is 6.92 Å². The Balaban J connectivity index is 1.66. The van der Waals surface area contributed by atoms with Crippen molar-refractivity contribution in [2.24, 2.45) is 0 Å². The maximum absolute atomic E-state index is 14.0. The first-order valence-electron chi connectivity index (χ1n) is 12.1. The molecule has 3 N–H and O–H groups in total. The number of aliphatic carboxylic acids is 1. The summed E-state index contributed by atoms with van der Waals surface area (Å²) in [6.07, 6.45) is -1.81. The van der Waals surface area contributed by atoms with E-state index in [4.69, 9.17) is 21.1 Å². The van der Waals surface area contributed by atoms with E-state index in [2.05, 4.69) is 5.32 Å². The lowest BCUT2D eigenvalue weighted by molar-refractivity contribution is -0.146. The number of carbonyl (C=O) groups is 1. The van der Waals surface area contributed by atoms with E-state index in [1.165, 1.54) is 19.1 Å².